The van der Waals surface area contributed by atoms with Gasteiger partial charge in [-0.2, -0.15) is 0 Å². The SMILES string of the molecule is CC(c1ccccc1)N(C(=O)c1cccs1)C1CC(=O)N(c2ccc(Br)cc2)C1=O. The maximum absolute atomic E-state index is 13.4. The Kier molecular flexibility index (Phi) is 5.83. The lowest BCUT2D eigenvalue weighted by molar-refractivity contribution is -0.122. The molecule has 1 aromatic heterocycles. The van der Waals surface area contributed by atoms with Gasteiger partial charge in [-0.25, -0.2) is 4.90 Å². The Morgan fingerprint density at radius 2 is 1.77 bits per heavy atom. The van der Waals surface area contributed by atoms with Crippen molar-refractivity contribution in [2.45, 2.75) is 25.4 Å². The summed E-state index contributed by atoms with van der Waals surface area (Å²) in [4.78, 5) is 42.8. The molecule has 0 radical (unpaired) electrons. The van der Waals surface area contributed by atoms with E-state index in [4.69, 9.17) is 0 Å². The molecule has 2 heterocycles. The van der Waals surface area contributed by atoms with Gasteiger partial charge in [0.25, 0.3) is 11.8 Å². The third kappa shape index (κ3) is 3.82. The number of carbonyl (C=O) groups excluding carboxylic acids is 3. The summed E-state index contributed by atoms with van der Waals surface area (Å²) in [7, 11) is 0. The Morgan fingerprint density at radius 3 is 2.40 bits per heavy atom. The summed E-state index contributed by atoms with van der Waals surface area (Å²) in [5.41, 5.74) is 1.41. The van der Waals surface area contributed by atoms with Crippen LogP contribution in [0.4, 0.5) is 5.69 Å². The molecule has 3 amide bonds. The molecule has 1 fully saturated rings. The molecular formula is C23H19BrN2O3S. The molecule has 0 bridgehead atoms. The molecule has 1 saturated heterocycles. The lowest BCUT2D eigenvalue weighted by Crippen LogP contribution is -2.46. The highest BCUT2D eigenvalue weighted by atomic mass is 79.9. The maximum Gasteiger partial charge on any atom is 0.265 e. The molecule has 0 saturated carbocycles. The van der Waals surface area contributed by atoms with Crippen LogP contribution in [0.1, 0.15) is 34.6 Å². The summed E-state index contributed by atoms with van der Waals surface area (Å²) in [5, 5.41) is 1.83. The van der Waals surface area contributed by atoms with E-state index in [2.05, 4.69) is 15.9 Å². The summed E-state index contributed by atoms with van der Waals surface area (Å²) < 4.78 is 0.856. The number of hydrogen-bond acceptors (Lipinski definition) is 4. The predicted octanol–water partition coefficient (Wildman–Crippen LogP) is 5.05. The Balaban J connectivity index is 1.71. The van der Waals surface area contributed by atoms with E-state index >= 15 is 0 Å². The van der Waals surface area contributed by atoms with E-state index in [0.29, 0.717) is 10.6 Å². The topological polar surface area (TPSA) is 57.7 Å². The zero-order valence-corrected chi connectivity index (χ0v) is 18.6. The molecule has 5 nitrogen and oxygen atoms in total. The number of imide groups is 1. The van der Waals surface area contributed by atoms with Crippen molar-refractivity contribution in [1.29, 1.82) is 0 Å². The van der Waals surface area contributed by atoms with E-state index in [1.807, 2.05) is 42.6 Å². The highest BCUT2D eigenvalue weighted by Gasteiger charge is 2.46. The van der Waals surface area contributed by atoms with Crippen LogP contribution in [-0.2, 0) is 9.59 Å². The normalized spacial score (nSPS) is 17.3. The lowest BCUT2D eigenvalue weighted by Gasteiger charge is -2.33. The third-order valence-corrected chi connectivity index (χ3v) is 6.60. The molecule has 3 aromatic rings. The van der Waals surface area contributed by atoms with Crippen molar-refractivity contribution in [3.63, 3.8) is 0 Å². The molecule has 0 aliphatic carbocycles. The van der Waals surface area contributed by atoms with Gasteiger partial charge < -0.3 is 4.90 Å². The van der Waals surface area contributed by atoms with Crippen LogP contribution in [0, 0.1) is 0 Å². The molecule has 30 heavy (non-hydrogen) atoms. The molecule has 7 heteroatoms. The molecule has 0 N–H and O–H groups in total. The van der Waals surface area contributed by atoms with Crippen LogP contribution >= 0.6 is 27.3 Å². The Labute approximate surface area is 187 Å². The van der Waals surface area contributed by atoms with E-state index in [9.17, 15) is 14.4 Å². The Morgan fingerprint density at radius 1 is 1.07 bits per heavy atom. The number of amides is 3. The number of nitrogens with zero attached hydrogens (tertiary/aromatic N) is 2. The smallest absolute Gasteiger partial charge is 0.265 e. The van der Waals surface area contributed by atoms with Crippen LogP contribution in [0.2, 0.25) is 0 Å². The second kappa shape index (κ2) is 8.53. The number of benzene rings is 2. The van der Waals surface area contributed by atoms with Gasteiger partial charge >= 0.3 is 0 Å². The molecule has 0 spiro atoms. The minimum atomic E-state index is -0.856. The number of hydrogen-bond donors (Lipinski definition) is 0. The van der Waals surface area contributed by atoms with Crippen molar-refractivity contribution in [2.75, 3.05) is 4.90 Å². The molecule has 152 valence electrons. The third-order valence-electron chi connectivity index (χ3n) is 5.21. The monoisotopic (exact) mass is 482 g/mol. The Hall–Kier alpha value is -2.77. The zero-order chi connectivity index (χ0) is 21.3. The minimum absolute atomic E-state index is 0.0385. The van der Waals surface area contributed by atoms with Crippen LogP contribution in [0.25, 0.3) is 0 Å². The van der Waals surface area contributed by atoms with Gasteiger partial charge in [0, 0.05) is 4.47 Å². The fourth-order valence-corrected chi connectivity index (χ4v) is 4.63. The van der Waals surface area contributed by atoms with Gasteiger partial charge in [-0.1, -0.05) is 52.3 Å². The summed E-state index contributed by atoms with van der Waals surface area (Å²) in [6.45, 7) is 1.89. The quantitative estimate of drug-likeness (QED) is 0.478. The van der Waals surface area contributed by atoms with Crippen molar-refractivity contribution in [3.8, 4) is 0 Å². The number of thiophene rings is 1. The maximum atomic E-state index is 13.4. The van der Waals surface area contributed by atoms with Gasteiger partial charge in [-0.3, -0.25) is 14.4 Å². The average Bonchev–Trinajstić information content (AvgIpc) is 3.39. The van der Waals surface area contributed by atoms with Gasteiger partial charge in [0.2, 0.25) is 5.91 Å². The van der Waals surface area contributed by atoms with Crippen molar-refractivity contribution in [2.24, 2.45) is 0 Å². The van der Waals surface area contributed by atoms with Gasteiger partial charge in [0.15, 0.2) is 0 Å². The van der Waals surface area contributed by atoms with E-state index in [1.165, 1.54) is 16.2 Å². The number of rotatable bonds is 5. The number of carbonyl (C=O) groups is 3. The fraction of sp³-hybridized carbons (Fsp3) is 0.174. The second-order valence-electron chi connectivity index (χ2n) is 7.04. The van der Waals surface area contributed by atoms with Gasteiger partial charge in [0.05, 0.1) is 23.0 Å². The summed E-state index contributed by atoms with van der Waals surface area (Å²) in [5.74, 6) is -0.934. The lowest BCUT2D eigenvalue weighted by atomic mass is 10.0. The van der Waals surface area contributed by atoms with Crippen LogP contribution < -0.4 is 4.90 Å². The molecular weight excluding hydrogens is 464 g/mol. The van der Waals surface area contributed by atoms with Crippen molar-refractivity contribution in [1.82, 2.24) is 4.90 Å². The first-order valence-electron chi connectivity index (χ1n) is 9.51. The first-order chi connectivity index (χ1) is 14.5. The van der Waals surface area contributed by atoms with Crippen LogP contribution in [-0.4, -0.2) is 28.7 Å². The molecule has 1 aliphatic heterocycles. The highest BCUT2D eigenvalue weighted by molar-refractivity contribution is 9.10. The van der Waals surface area contributed by atoms with E-state index in [1.54, 1.807) is 41.3 Å². The van der Waals surface area contributed by atoms with Crippen LogP contribution in [0.15, 0.2) is 76.6 Å². The average molecular weight is 483 g/mol. The van der Waals surface area contributed by atoms with Crippen LogP contribution in [0.3, 0.4) is 0 Å². The fourth-order valence-electron chi connectivity index (χ4n) is 3.70. The van der Waals surface area contributed by atoms with E-state index < -0.39 is 6.04 Å². The molecule has 1 aliphatic rings. The molecule has 2 aromatic carbocycles. The molecule has 2 unspecified atom stereocenters. The molecule has 4 rings (SSSR count). The standard InChI is InChI=1S/C23H19BrN2O3S/c1-15(16-6-3-2-4-7-16)25(23(29)20-8-5-13-30-20)19-14-21(27)26(22(19)28)18-11-9-17(24)10-12-18/h2-13,15,19H,14H2,1H3. The first-order valence-corrected chi connectivity index (χ1v) is 11.2. The van der Waals surface area contributed by atoms with Gasteiger partial charge in [0.1, 0.15) is 6.04 Å². The Bertz CT molecular complexity index is 1070. The summed E-state index contributed by atoms with van der Waals surface area (Å²) in [6, 6.07) is 18.9. The van der Waals surface area contributed by atoms with Crippen LogP contribution in [0.5, 0.6) is 0 Å². The largest absolute Gasteiger partial charge is 0.319 e. The van der Waals surface area contributed by atoms with Crippen molar-refractivity contribution in [3.05, 3.63) is 87.0 Å². The second-order valence-corrected chi connectivity index (χ2v) is 8.90. The van der Waals surface area contributed by atoms with E-state index in [-0.39, 0.29) is 30.2 Å². The highest BCUT2D eigenvalue weighted by Crippen LogP contribution is 2.33. The minimum Gasteiger partial charge on any atom is -0.319 e. The van der Waals surface area contributed by atoms with Crippen molar-refractivity contribution >= 4 is 50.7 Å². The molecule has 2 atom stereocenters. The summed E-state index contributed by atoms with van der Waals surface area (Å²) in [6.07, 6.45) is -0.0385. The van der Waals surface area contributed by atoms with Crippen molar-refractivity contribution < 1.29 is 14.4 Å². The van der Waals surface area contributed by atoms with Gasteiger partial charge in [-0.05, 0) is 48.2 Å². The first kappa shape index (κ1) is 20.5. The summed E-state index contributed by atoms with van der Waals surface area (Å²) >= 11 is 4.69. The van der Waals surface area contributed by atoms with E-state index in [0.717, 1.165) is 10.0 Å². The van der Waals surface area contributed by atoms with Gasteiger partial charge in [-0.15, -0.1) is 11.3 Å². The predicted molar refractivity (Wildman–Crippen MR) is 120 cm³/mol. The number of anilines is 1. The zero-order valence-electron chi connectivity index (χ0n) is 16.2. The number of halogens is 1.